The maximum absolute atomic E-state index is 5.42. The predicted molar refractivity (Wildman–Crippen MR) is 122 cm³/mol. The zero-order chi connectivity index (χ0) is 20.4. The van der Waals surface area contributed by atoms with Crippen molar-refractivity contribution in [2.45, 2.75) is 38.8 Å². The minimum Gasteiger partial charge on any atom is -0.493 e. The van der Waals surface area contributed by atoms with Crippen molar-refractivity contribution in [2.24, 2.45) is 0 Å². The van der Waals surface area contributed by atoms with E-state index in [1.807, 2.05) is 12.1 Å². The Hall–Kier alpha value is -2.62. The van der Waals surface area contributed by atoms with Crippen molar-refractivity contribution >= 4 is 0 Å². The molecule has 0 saturated heterocycles. The number of rotatable bonds is 0. The van der Waals surface area contributed by atoms with E-state index < -0.39 is 0 Å². The molecule has 0 atom stereocenters. The zero-order valence-electron chi connectivity index (χ0n) is 17.6. The maximum Gasteiger partial charge on any atom is 0.122 e. The summed E-state index contributed by atoms with van der Waals surface area (Å²) in [6, 6.07) is 25.3. The van der Waals surface area contributed by atoms with Crippen LogP contribution in [0.25, 0.3) is 0 Å². The molecule has 3 aromatic carbocycles. The largest absolute Gasteiger partial charge is 0.493 e. The third kappa shape index (κ3) is 5.71. The maximum atomic E-state index is 5.42. The quantitative estimate of drug-likeness (QED) is 0.568. The minimum absolute atomic E-state index is 0.802. The molecule has 0 amide bonds. The summed E-state index contributed by atoms with van der Waals surface area (Å²) in [5.74, 6) is 1.08. The van der Waals surface area contributed by atoms with Gasteiger partial charge in [-0.05, 0) is 66.1 Å². The first-order valence-corrected chi connectivity index (χ1v) is 11.0. The van der Waals surface area contributed by atoms with Crippen molar-refractivity contribution in [3.05, 3.63) is 101 Å². The predicted octanol–water partition coefficient (Wildman–Crippen LogP) is 5.10. The van der Waals surface area contributed by atoms with Gasteiger partial charge in [0, 0.05) is 6.54 Å². The number of fused-ring (bicyclic) bond motifs is 3. The van der Waals surface area contributed by atoms with Crippen LogP contribution in [0.15, 0.2) is 72.8 Å². The molecule has 0 saturated carbocycles. The summed E-state index contributed by atoms with van der Waals surface area (Å²) in [6.45, 7) is 4.76. The number of hydrogen-bond donors (Lipinski definition) is 1. The summed E-state index contributed by atoms with van der Waals surface area (Å²) in [6.07, 6.45) is 4.61. The highest BCUT2D eigenvalue weighted by Gasteiger charge is 2.08. The fourth-order valence-electron chi connectivity index (χ4n) is 4.02. The highest BCUT2D eigenvalue weighted by Crippen LogP contribution is 2.23. The van der Waals surface area contributed by atoms with Crippen LogP contribution in [0.5, 0.6) is 5.75 Å². The Morgan fingerprint density at radius 1 is 0.600 bits per heavy atom. The van der Waals surface area contributed by atoms with Crippen molar-refractivity contribution < 1.29 is 9.47 Å². The molecule has 0 unspecified atom stereocenters. The Bertz CT molecular complexity index is 740. The van der Waals surface area contributed by atoms with Gasteiger partial charge in [-0.2, -0.15) is 0 Å². The third-order valence-electron chi connectivity index (χ3n) is 5.72. The van der Waals surface area contributed by atoms with Gasteiger partial charge in [-0.25, -0.2) is 0 Å². The lowest BCUT2D eigenvalue weighted by Crippen LogP contribution is -2.23. The highest BCUT2D eigenvalue weighted by atomic mass is 16.5. The Labute approximate surface area is 180 Å². The average molecular weight is 402 g/mol. The van der Waals surface area contributed by atoms with Crippen LogP contribution < -0.4 is 10.1 Å². The van der Waals surface area contributed by atoms with Crippen LogP contribution in [0.1, 0.15) is 34.2 Å². The monoisotopic (exact) mass is 401 g/mol. The standard InChI is InChI=1S/C9H11N.2C9H10O/c1-2-4-9-7-10-6-5-8(9)3-1;1-2-6-9-8(4-1)5-3-7-10-9;1-2-4-9-7-10-6-5-8(9)3-1/h1-4,10H,5-7H2;1-2,4,6H,3,5,7H2;1-4H,5-7H2. The molecule has 1 N–H and O–H groups in total. The molecular formula is C27H31NO2. The van der Waals surface area contributed by atoms with Gasteiger partial charge in [0.15, 0.2) is 0 Å². The van der Waals surface area contributed by atoms with E-state index in [0.717, 1.165) is 51.5 Å². The fourth-order valence-corrected chi connectivity index (χ4v) is 4.02. The van der Waals surface area contributed by atoms with E-state index in [9.17, 15) is 0 Å². The molecule has 3 aliphatic heterocycles. The van der Waals surface area contributed by atoms with Gasteiger partial charge in [-0.15, -0.1) is 0 Å². The Balaban J connectivity index is 0.000000109. The summed E-state index contributed by atoms with van der Waals surface area (Å²) in [5.41, 5.74) is 7.14. The van der Waals surface area contributed by atoms with Crippen LogP contribution in [0.4, 0.5) is 0 Å². The molecule has 0 spiro atoms. The van der Waals surface area contributed by atoms with E-state index in [1.165, 1.54) is 40.7 Å². The van der Waals surface area contributed by atoms with Crippen molar-refractivity contribution in [1.29, 1.82) is 0 Å². The van der Waals surface area contributed by atoms with Crippen molar-refractivity contribution in [2.75, 3.05) is 19.8 Å². The summed E-state index contributed by atoms with van der Waals surface area (Å²) in [4.78, 5) is 0. The number of benzene rings is 3. The number of nitrogens with one attached hydrogen (secondary N) is 1. The summed E-state index contributed by atoms with van der Waals surface area (Å²) < 4.78 is 10.7. The normalized spacial score (nSPS) is 16.1. The van der Waals surface area contributed by atoms with E-state index >= 15 is 0 Å². The van der Waals surface area contributed by atoms with E-state index in [0.29, 0.717) is 0 Å². The van der Waals surface area contributed by atoms with E-state index in [4.69, 9.17) is 9.47 Å². The minimum atomic E-state index is 0.802. The third-order valence-corrected chi connectivity index (χ3v) is 5.72. The molecule has 3 aromatic rings. The number of ether oxygens (including phenoxy) is 2. The van der Waals surface area contributed by atoms with E-state index in [2.05, 4.69) is 66.0 Å². The van der Waals surface area contributed by atoms with Gasteiger partial charge < -0.3 is 14.8 Å². The van der Waals surface area contributed by atoms with Gasteiger partial charge in [0.05, 0.1) is 19.8 Å². The SMILES string of the molecule is c1ccc2c(c1)CCCO2.c1ccc2c(c1)CCNC2.c1ccc2c(c1)CCOC2. The summed E-state index contributed by atoms with van der Waals surface area (Å²) in [7, 11) is 0. The first-order chi connectivity index (χ1) is 14.9. The molecular weight excluding hydrogens is 370 g/mol. The Kier molecular flexibility index (Phi) is 7.54. The highest BCUT2D eigenvalue weighted by molar-refractivity contribution is 5.34. The van der Waals surface area contributed by atoms with Gasteiger partial charge in [-0.3, -0.25) is 0 Å². The lowest BCUT2D eigenvalue weighted by molar-refractivity contribution is 0.111. The topological polar surface area (TPSA) is 30.5 Å². The fraction of sp³-hybridized carbons (Fsp3) is 0.333. The Morgan fingerprint density at radius 3 is 2.00 bits per heavy atom. The molecule has 0 fully saturated rings. The molecule has 156 valence electrons. The molecule has 3 heteroatoms. The number of hydrogen-bond acceptors (Lipinski definition) is 3. The molecule has 0 bridgehead atoms. The van der Waals surface area contributed by atoms with Gasteiger partial charge in [0.2, 0.25) is 0 Å². The molecule has 6 rings (SSSR count). The number of para-hydroxylation sites is 1. The molecule has 30 heavy (non-hydrogen) atoms. The van der Waals surface area contributed by atoms with E-state index in [-0.39, 0.29) is 0 Å². The van der Waals surface area contributed by atoms with Gasteiger partial charge in [0.1, 0.15) is 5.75 Å². The molecule has 3 heterocycles. The number of aryl methyl sites for hydroxylation is 1. The zero-order valence-corrected chi connectivity index (χ0v) is 17.6. The lowest BCUT2D eigenvalue weighted by Gasteiger charge is -2.15. The van der Waals surface area contributed by atoms with E-state index in [1.54, 1.807) is 0 Å². The first kappa shape index (κ1) is 20.6. The van der Waals surface area contributed by atoms with Gasteiger partial charge in [-0.1, -0.05) is 66.7 Å². The summed E-state index contributed by atoms with van der Waals surface area (Å²) >= 11 is 0. The Morgan fingerprint density at radius 2 is 1.27 bits per heavy atom. The second-order valence-corrected chi connectivity index (χ2v) is 7.83. The second-order valence-electron chi connectivity index (χ2n) is 7.83. The smallest absolute Gasteiger partial charge is 0.122 e. The first-order valence-electron chi connectivity index (χ1n) is 11.0. The molecule has 0 aromatic heterocycles. The average Bonchev–Trinajstić information content (AvgIpc) is 2.85. The lowest BCUT2D eigenvalue weighted by atomic mass is 10.0. The van der Waals surface area contributed by atoms with Crippen LogP contribution in [-0.4, -0.2) is 19.8 Å². The van der Waals surface area contributed by atoms with Crippen LogP contribution in [0.2, 0.25) is 0 Å². The molecule has 3 nitrogen and oxygen atoms in total. The van der Waals surface area contributed by atoms with Crippen LogP contribution in [-0.2, 0) is 37.2 Å². The molecule has 0 radical (unpaired) electrons. The molecule has 0 aliphatic carbocycles. The summed E-state index contributed by atoms with van der Waals surface area (Å²) in [5, 5.41) is 3.34. The van der Waals surface area contributed by atoms with Crippen molar-refractivity contribution in [3.63, 3.8) is 0 Å². The molecule has 3 aliphatic rings. The van der Waals surface area contributed by atoms with Gasteiger partial charge in [0.25, 0.3) is 0 Å². The van der Waals surface area contributed by atoms with Gasteiger partial charge >= 0.3 is 0 Å². The second kappa shape index (κ2) is 11.0. The van der Waals surface area contributed by atoms with Crippen LogP contribution in [0, 0.1) is 0 Å². The van der Waals surface area contributed by atoms with Crippen LogP contribution in [0.3, 0.4) is 0 Å². The van der Waals surface area contributed by atoms with Crippen LogP contribution >= 0.6 is 0 Å². The van der Waals surface area contributed by atoms with Crippen molar-refractivity contribution in [3.8, 4) is 5.75 Å². The van der Waals surface area contributed by atoms with Crippen molar-refractivity contribution in [1.82, 2.24) is 5.32 Å².